The van der Waals surface area contributed by atoms with Crippen LogP contribution in [-0.4, -0.2) is 28.8 Å². The Bertz CT molecular complexity index is 1020. The summed E-state index contributed by atoms with van der Waals surface area (Å²) in [5.41, 5.74) is 1.34. The summed E-state index contributed by atoms with van der Waals surface area (Å²) in [6.07, 6.45) is 0.523. The molecule has 0 aliphatic carbocycles. The quantitative estimate of drug-likeness (QED) is 0.623. The van der Waals surface area contributed by atoms with Crippen molar-refractivity contribution < 1.29 is 8.91 Å². The molecule has 0 aliphatic rings. The van der Waals surface area contributed by atoms with E-state index in [9.17, 15) is 4.79 Å². The summed E-state index contributed by atoms with van der Waals surface area (Å²) >= 11 is 6.37. The van der Waals surface area contributed by atoms with Crippen LogP contribution >= 0.6 is 11.6 Å². The number of amides is 1. The van der Waals surface area contributed by atoms with E-state index in [1.807, 2.05) is 49.4 Å². The summed E-state index contributed by atoms with van der Waals surface area (Å²) in [6.45, 7) is 1.02. The second kappa shape index (κ2) is 7.24. The summed E-state index contributed by atoms with van der Waals surface area (Å²) in [5, 5.41) is 2.15. The lowest BCUT2D eigenvalue weighted by molar-refractivity contribution is 0.0735. The number of carbonyl (C=O) groups is 1. The molecule has 1 heterocycles. The maximum absolute atomic E-state index is 13.2. The molecule has 0 N–H and O–H groups in total. The van der Waals surface area contributed by atoms with Crippen LogP contribution in [0.4, 0.5) is 0 Å². The van der Waals surface area contributed by atoms with Crippen molar-refractivity contribution in [1.29, 1.82) is 0 Å². The summed E-state index contributed by atoms with van der Waals surface area (Å²) in [7, 11) is 0. The van der Waals surface area contributed by atoms with Crippen LogP contribution < -0.4 is 0 Å². The first-order valence-electron chi connectivity index (χ1n) is 9.72. The van der Waals surface area contributed by atoms with Crippen molar-refractivity contribution in [2.75, 3.05) is 6.98 Å². The summed E-state index contributed by atoms with van der Waals surface area (Å²) in [5.74, 6) is -0.617. The molecule has 0 aliphatic heterocycles. The molecule has 1 atom stereocenters. The lowest BCUT2D eigenvalue weighted by Crippen LogP contribution is -2.35. The lowest BCUT2D eigenvalue weighted by Gasteiger charge is -2.24. The van der Waals surface area contributed by atoms with Crippen LogP contribution in [0.2, 0.25) is 5.02 Å². The number of nitrogens with zero attached hydrogens (tertiary/aromatic N) is 2. The Hall–Kier alpha value is -2.39. The second-order valence-corrected chi connectivity index (χ2v) is 6.40. The van der Waals surface area contributed by atoms with Crippen LogP contribution in [0.1, 0.15) is 34.9 Å². The largest absolute Gasteiger partial charge is 0.338 e. The van der Waals surface area contributed by atoms with E-state index >= 15 is 0 Å². The number of aromatic nitrogens is 1. The number of halogens is 1. The zero-order valence-electron chi connectivity index (χ0n) is 17.2. The third-order valence-electron chi connectivity index (χ3n) is 4.34. The molecule has 2 aromatic carbocycles. The van der Waals surface area contributed by atoms with Crippen molar-refractivity contribution in [3.63, 3.8) is 0 Å². The maximum atomic E-state index is 13.2. The molecule has 3 aromatic rings. The van der Waals surface area contributed by atoms with E-state index in [0.29, 0.717) is 22.7 Å². The van der Waals surface area contributed by atoms with Gasteiger partial charge in [0.1, 0.15) is 5.69 Å². The molecule has 0 radical (unpaired) electrons. The van der Waals surface area contributed by atoms with E-state index < -0.39 is 18.9 Å². The van der Waals surface area contributed by atoms with Crippen molar-refractivity contribution in [1.82, 2.24) is 9.88 Å². The molecule has 0 bridgehead atoms. The Morgan fingerprint density at radius 3 is 2.68 bits per heavy atom. The van der Waals surface area contributed by atoms with Crippen LogP contribution in [0.5, 0.6) is 0 Å². The molecule has 0 saturated heterocycles. The van der Waals surface area contributed by atoms with Gasteiger partial charge in [-0.05, 0) is 30.9 Å². The van der Waals surface area contributed by atoms with Gasteiger partial charge < -0.3 is 4.90 Å². The van der Waals surface area contributed by atoms with Crippen LogP contribution in [0, 0.1) is 0 Å². The molecule has 0 saturated carbocycles. The van der Waals surface area contributed by atoms with Gasteiger partial charge in [-0.15, -0.1) is 0 Å². The van der Waals surface area contributed by atoms with Crippen LogP contribution in [0.25, 0.3) is 22.0 Å². The first kappa shape index (κ1) is 13.9. The van der Waals surface area contributed by atoms with E-state index in [2.05, 4.69) is 4.98 Å². The van der Waals surface area contributed by atoms with Crippen LogP contribution in [-0.2, 0) is 0 Å². The molecule has 25 heavy (non-hydrogen) atoms. The predicted octanol–water partition coefficient (Wildman–Crippen LogP) is 5.43. The number of benzene rings is 2. The van der Waals surface area contributed by atoms with Gasteiger partial charge in [0.15, 0.2) is 0 Å². The summed E-state index contributed by atoms with van der Waals surface area (Å²) < 4.78 is 23.4. The van der Waals surface area contributed by atoms with Gasteiger partial charge in [0, 0.05) is 33.1 Å². The molecular weight excluding hydrogens is 332 g/mol. The fourth-order valence-electron chi connectivity index (χ4n) is 2.67. The predicted molar refractivity (Wildman–Crippen MR) is 104 cm³/mol. The van der Waals surface area contributed by atoms with Gasteiger partial charge in [-0.3, -0.25) is 4.79 Å². The Labute approximate surface area is 157 Å². The Morgan fingerprint density at radius 2 is 1.96 bits per heavy atom. The SMILES string of the molecule is [3H]C([3H])([3H])N(C(=O)c1cc2ccccc2c(-c2ccccc2Cl)n1)C(C)CC. The van der Waals surface area contributed by atoms with Crippen molar-refractivity contribution in [2.45, 2.75) is 26.3 Å². The van der Waals surface area contributed by atoms with E-state index in [1.165, 1.54) is 0 Å². The van der Waals surface area contributed by atoms with Gasteiger partial charge in [0.2, 0.25) is 0 Å². The number of carbonyl (C=O) groups excluding carboxylic acids is 1. The van der Waals surface area contributed by atoms with Crippen molar-refractivity contribution >= 4 is 28.3 Å². The molecule has 1 aromatic heterocycles. The van der Waals surface area contributed by atoms with E-state index in [-0.39, 0.29) is 5.69 Å². The molecular formula is C21H21ClN2O. The molecule has 3 nitrogen and oxygen atoms in total. The zero-order chi connectivity index (χ0) is 20.5. The van der Waals surface area contributed by atoms with Gasteiger partial charge >= 0.3 is 0 Å². The van der Waals surface area contributed by atoms with E-state index in [1.54, 1.807) is 19.1 Å². The monoisotopic (exact) mass is 358 g/mol. The zero-order valence-corrected chi connectivity index (χ0v) is 14.9. The standard InChI is InChI=1S/C21H21ClN2O/c1-4-14(2)24(3)21(25)19-13-15-9-5-6-10-16(15)20(23-19)17-11-7-8-12-18(17)22/h5-14H,4H2,1-3H3/i3T3. The Kier molecular flexibility index (Phi) is 4.01. The van der Waals surface area contributed by atoms with Gasteiger partial charge in [-0.1, -0.05) is 61.0 Å². The van der Waals surface area contributed by atoms with Crippen molar-refractivity contribution in [2.24, 2.45) is 0 Å². The highest BCUT2D eigenvalue weighted by atomic mass is 35.5. The van der Waals surface area contributed by atoms with Crippen LogP contribution in [0.15, 0.2) is 54.6 Å². The number of fused-ring (bicyclic) bond motifs is 1. The fourth-order valence-corrected chi connectivity index (χ4v) is 2.90. The topological polar surface area (TPSA) is 33.2 Å². The summed E-state index contributed by atoms with van der Waals surface area (Å²) in [4.78, 5) is 18.7. The van der Waals surface area contributed by atoms with Crippen molar-refractivity contribution in [3.8, 4) is 11.3 Å². The van der Waals surface area contributed by atoms with Crippen LogP contribution in [0.3, 0.4) is 0 Å². The minimum Gasteiger partial charge on any atom is -0.338 e. The molecule has 4 heteroatoms. The first-order chi connectivity index (χ1) is 13.2. The fraction of sp³-hybridized carbons (Fsp3) is 0.238. The van der Waals surface area contributed by atoms with E-state index in [0.717, 1.165) is 15.7 Å². The molecule has 0 spiro atoms. The van der Waals surface area contributed by atoms with Gasteiger partial charge in [-0.25, -0.2) is 4.98 Å². The molecule has 1 amide bonds. The van der Waals surface area contributed by atoms with Gasteiger partial charge in [0.05, 0.1) is 5.69 Å². The normalized spacial score (nSPS) is 14.4. The van der Waals surface area contributed by atoms with Gasteiger partial charge in [-0.2, -0.15) is 0 Å². The molecule has 0 fully saturated rings. The van der Waals surface area contributed by atoms with E-state index in [4.69, 9.17) is 15.7 Å². The highest BCUT2D eigenvalue weighted by Gasteiger charge is 2.20. The first-order valence-corrected chi connectivity index (χ1v) is 8.60. The van der Waals surface area contributed by atoms with Crippen molar-refractivity contribution in [3.05, 3.63) is 65.3 Å². The highest BCUT2D eigenvalue weighted by molar-refractivity contribution is 6.33. The maximum Gasteiger partial charge on any atom is 0.272 e. The van der Waals surface area contributed by atoms with Gasteiger partial charge in [0.25, 0.3) is 5.91 Å². The molecule has 3 rings (SSSR count). The molecule has 1 unspecified atom stereocenters. The minimum absolute atomic E-state index is 0.0880. The number of hydrogen-bond donors (Lipinski definition) is 0. The smallest absolute Gasteiger partial charge is 0.272 e. The number of hydrogen-bond acceptors (Lipinski definition) is 2. The highest BCUT2D eigenvalue weighted by Crippen LogP contribution is 2.32. The third kappa shape index (κ3) is 3.38. The molecule has 128 valence electrons. The third-order valence-corrected chi connectivity index (χ3v) is 4.67. The average Bonchev–Trinajstić information content (AvgIpc) is 2.66. The Balaban J connectivity index is 2.23. The number of rotatable bonds is 4. The second-order valence-electron chi connectivity index (χ2n) is 5.99. The Morgan fingerprint density at radius 1 is 1.24 bits per heavy atom. The average molecular weight is 359 g/mol. The lowest BCUT2D eigenvalue weighted by atomic mass is 10.0. The number of pyridine rings is 1. The summed E-state index contributed by atoms with van der Waals surface area (Å²) in [6, 6.07) is 16.0. The minimum atomic E-state index is -2.55.